The molecule has 100 valence electrons. The number of benzene rings is 1. The summed E-state index contributed by atoms with van der Waals surface area (Å²) in [5.41, 5.74) is 6.57. The number of hydrogen-bond acceptors (Lipinski definition) is 5. The number of anilines is 1. The lowest BCUT2D eigenvalue weighted by atomic mass is 10.2. The van der Waals surface area contributed by atoms with Crippen LogP contribution in [0.4, 0.5) is 10.2 Å². The summed E-state index contributed by atoms with van der Waals surface area (Å²) in [5, 5.41) is 3.83. The maximum atomic E-state index is 13.3. The molecule has 0 saturated heterocycles. The number of halogens is 2. The minimum atomic E-state index is -0.378. The highest BCUT2D eigenvalue weighted by atomic mass is 79.9. The van der Waals surface area contributed by atoms with Gasteiger partial charge in [-0.3, -0.25) is 0 Å². The van der Waals surface area contributed by atoms with Crippen molar-refractivity contribution in [3.8, 4) is 23.0 Å². The van der Waals surface area contributed by atoms with Crippen molar-refractivity contribution >= 4 is 21.7 Å². The monoisotopic (exact) mass is 334 g/mol. The standard InChI is InChI=1S/C13H8BrFN4O/c14-9-5-4-7(15)6-8(9)12-18-13(20-19-12)10-2-1-3-11(16)17-10/h1-6H,(H2,16,17). The van der Waals surface area contributed by atoms with Gasteiger partial charge < -0.3 is 10.3 Å². The highest BCUT2D eigenvalue weighted by Crippen LogP contribution is 2.28. The smallest absolute Gasteiger partial charge is 0.276 e. The normalized spacial score (nSPS) is 10.7. The van der Waals surface area contributed by atoms with E-state index in [4.69, 9.17) is 10.3 Å². The molecule has 0 unspecified atom stereocenters. The molecule has 0 aliphatic heterocycles. The van der Waals surface area contributed by atoms with E-state index in [0.717, 1.165) is 0 Å². The average Bonchev–Trinajstić information content (AvgIpc) is 2.91. The molecule has 0 fully saturated rings. The predicted molar refractivity (Wildman–Crippen MR) is 75.0 cm³/mol. The van der Waals surface area contributed by atoms with Gasteiger partial charge >= 0.3 is 0 Å². The SMILES string of the molecule is Nc1cccc(-c2nc(-c3cc(F)ccc3Br)no2)n1. The van der Waals surface area contributed by atoms with Crippen molar-refractivity contribution in [1.82, 2.24) is 15.1 Å². The van der Waals surface area contributed by atoms with Gasteiger partial charge in [0.05, 0.1) is 0 Å². The third-order valence-corrected chi connectivity index (χ3v) is 3.28. The first kappa shape index (κ1) is 12.7. The molecule has 0 aliphatic carbocycles. The Bertz CT molecular complexity index is 775. The van der Waals surface area contributed by atoms with Crippen LogP contribution >= 0.6 is 15.9 Å². The number of nitrogen functional groups attached to an aromatic ring is 1. The van der Waals surface area contributed by atoms with Gasteiger partial charge in [0.2, 0.25) is 5.82 Å². The van der Waals surface area contributed by atoms with Gasteiger partial charge in [-0.2, -0.15) is 4.98 Å². The fourth-order valence-electron chi connectivity index (χ4n) is 1.68. The third kappa shape index (κ3) is 2.39. The molecular weight excluding hydrogens is 327 g/mol. The quantitative estimate of drug-likeness (QED) is 0.778. The Morgan fingerprint density at radius 1 is 1.15 bits per heavy atom. The first-order chi connectivity index (χ1) is 9.63. The van der Waals surface area contributed by atoms with Gasteiger partial charge in [-0.05, 0) is 30.3 Å². The van der Waals surface area contributed by atoms with Crippen LogP contribution < -0.4 is 5.73 Å². The molecule has 0 aliphatic rings. The lowest BCUT2D eigenvalue weighted by Crippen LogP contribution is -1.91. The van der Waals surface area contributed by atoms with Crippen LogP contribution in [-0.4, -0.2) is 15.1 Å². The molecule has 3 aromatic rings. The fraction of sp³-hybridized carbons (Fsp3) is 0. The third-order valence-electron chi connectivity index (χ3n) is 2.59. The van der Waals surface area contributed by atoms with Crippen molar-refractivity contribution in [3.63, 3.8) is 0 Å². The molecule has 0 amide bonds. The van der Waals surface area contributed by atoms with Crippen molar-refractivity contribution in [2.24, 2.45) is 0 Å². The summed E-state index contributed by atoms with van der Waals surface area (Å²) in [6.07, 6.45) is 0. The predicted octanol–water partition coefficient (Wildman–Crippen LogP) is 3.28. The van der Waals surface area contributed by atoms with Crippen molar-refractivity contribution < 1.29 is 8.91 Å². The maximum Gasteiger partial charge on any atom is 0.276 e. The number of hydrogen-bond donors (Lipinski definition) is 1. The van der Waals surface area contributed by atoms with E-state index < -0.39 is 0 Å². The van der Waals surface area contributed by atoms with E-state index in [1.165, 1.54) is 12.1 Å². The van der Waals surface area contributed by atoms with E-state index in [1.54, 1.807) is 24.3 Å². The second-order valence-corrected chi connectivity index (χ2v) is 4.85. The van der Waals surface area contributed by atoms with Crippen LogP contribution in [-0.2, 0) is 0 Å². The van der Waals surface area contributed by atoms with Gasteiger partial charge in [-0.25, -0.2) is 9.37 Å². The van der Waals surface area contributed by atoms with E-state index in [9.17, 15) is 4.39 Å². The topological polar surface area (TPSA) is 77.8 Å². The molecule has 20 heavy (non-hydrogen) atoms. The summed E-state index contributed by atoms with van der Waals surface area (Å²) in [7, 11) is 0. The van der Waals surface area contributed by atoms with Crippen LogP contribution in [0.3, 0.4) is 0 Å². The molecule has 0 spiro atoms. The number of nitrogens with two attached hydrogens (primary N) is 1. The second-order valence-electron chi connectivity index (χ2n) is 3.99. The van der Waals surface area contributed by atoms with Crippen LogP contribution in [0.25, 0.3) is 23.0 Å². The van der Waals surface area contributed by atoms with Gasteiger partial charge in [0.25, 0.3) is 5.89 Å². The first-order valence-corrected chi connectivity index (χ1v) is 6.45. The average molecular weight is 335 g/mol. The fourth-order valence-corrected chi connectivity index (χ4v) is 2.10. The van der Waals surface area contributed by atoms with Crippen molar-refractivity contribution in [1.29, 1.82) is 0 Å². The summed E-state index contributed by atoms with van der Waals surface area (Å²) >= 11 is 3.32. The van der Waals surface area contributed by atoms with Crippen LogP contribution in [0, 0.1) is 5.82 Å². The van der Waals surface area contributed by atoms with E-state index in [1.807, 2.05) is 0 Å². The highest BCUT2D eigenvalue weighted by Gasteiger charge is 2.14. The summed E-state index contributed by atoms with van der Waals surface area (Å²) in [6.45, 7) is 0. The molecule has 0 bridgehead atoms. The molecule has 0 saturated carbocycles. The molecule has 5 nitrogen and oxygen atoms in total. The molecule has 3 rings (SSSR count). The lowest BCUT2D eigenvalue weighted by molar-refractivity contribution is 0.431. The van der Waals surface area contributed by atoms with Gasteiger partial charge in [0.15, 0.2) is 0 Å². The Morgan fingerprint density at radius 3 is 2.80 bits per heavy atom. The van der Waals surface area contributed by atoms with Gasteiger partial charge in [-0.1, -0.05) is 27.2 Å². The Labute approximate surface area is 121 Å². The largest absolute Gasteiger partial charge is 0.384 e. The second kappa shape index (κ2) is 5.01. The van der Waals surface area contributed by atoms with Crippen LogP contribution in [0.1, 0.15) is 0 Å². The molecule has 1 aromatic carbocycles. The summed E-state index contributed by atoms with van der Waals surface area (Å²) in [4.78, 5) is 8.29. The number of pyridine rings is 1. The lowest BCUT2D eigenvalue weighted by Gasteiger charge is -1.98. The first-order valence-electron chi connectivity index (χ1n) is 5.65. The molecule has 2 N–H and O–H groups in total. The van der Waals surface area contributed by atoms with E-state index in [-0.39, 0.29) is 17.5 Å². The van der Waals surface area contributed by atoms with Gasteiger partial charge in [0.1, 0.15) is 17.3 Å². The summed E-state index contributed by atoms with van der Waals surface area (Å²) in [6, 6.07) is 9.34. The molecular formula is C13H8BrFN4O. The number of rotatable bonds is 2. The van der Waals surface area contributed by atoms with Gasteiger partial charge in [0, 0.05) is 10.0 Å². The highest BCUT2D eigenvalue weighted by molar-refractivity contribution is 9.10. The maximum absolute atomic E-state index is 13.3. The van der Waals surface area contributed by atoms with Gasteiger partial charge in [-0.15, -0.1) is 0 Å². The van der Waals surface area contributed by atoms with Crippen molar-refractivity contribution in [3.05, 3.63) is 46.7 Å². The van der Waals surface area contributed by atoms with Crippen LogP contribution in [0.15, 0.2) is 45.4 Å². The summed E-state index contributed by atoms with van der Waals surface area (Å²) in [5.74, 6) is 0.477. The van der Waals surface area contributed by atoms with Crippen molar-refractivity contribution in [2.75, 3.05) is 5.73 Å². The molecule has 0 atom stereocenters. The van der Waals surface area contributed by atoms with Crippen molar-refractivity contribution in [2.45, 2.75) is 0 Å². The minimum Gasteiger partial charge on any atom is -0.384 e. The number of nitrogens with zero attached hydrogens (tertiary/aromatic N) is 3. The minimum absolute atomic E-state index is 0.225. The zero-order chi connectivity index (χ0) is 14.1. The Kier molecular flexibility index (Phi) is 3.19. The Hall–Kier alpha value is -2.28. The van der Waals surface area contributed by atoms with E-state index >= 15 is 0 Å². The molecule has 2 aromatic heterocycles. The van der Waals surface area contributed by atoms with Crippen LogP contribution in [0.5, 0.6) is 0 Å². The zero-order valence-corrected chi connectivity index (χ0v) is 11.6. The molecule has 0 radical (unpaired) electrons. The van der Waals surface area contributed by atoms with Crippen LogP contribution in [0.2, 0.25) is 0 Å². The Balaban J connectivity index is 2.04. The number of aromatic nitrogens is 3. The van der Waals surface area contributed by atoms with E-state index in [2.05, 4.69) is 31.1 Å². The zero-order valence-electron chi connectivity index (χ0n) is 10.0. The summed E-state index contributed by atoms with van der Waals surface area (Å²) < 4.78 is 19.1. The molecule has 2 heterocycles. The molecule has 7 heteroatoms. The van der Waals surface area contributed by atoms with E-state index in [0.29, 0.717) is 21.5 Å². The Morgan fingerprint density at radius 2 is 2.00 bits per heavy atom.